The summed E-state index contributed by atoms with van der Waals surface area (Å²) in [6.45, 7) is -1.03. The van der Waals surface area contributed by atoms with Crippen LogP contribution in [0.15, 0.2) is 29.8 Å². The molecule has 0 aliphatic rings. The predicted octanol–water partition coefficient (Wildman–Crippen LogP) is 2.63. The summed E-state index contributed by atoms with van der Waals surface area (Å²) in [5.41, 5.74) is -0.611. The molecule has 0 radical (unpaired) electrons. The zero-order valence-electron chi connectivity index (χ0n) is 8.58. The normalized spacial score (nSPS) is 12.7. The molecule has 88 valence electrons. The van der Waals surface area contributed by atoms with E-state index in [1.54, 1.807) is 12.1 Å². The summed E-state index contributed by atoms with van der Waals surface area (Å²) in [7, 11) is 1.47. The van der Waals surface area contributed by atoms with Crippen LogP contribution >= 0.6 is 0 Å². The quantitative estimate of drug-likeness (QED) is 0.868. The zero-order chi connectivity index (χ0) is 12.2. The van der Waals surface area contributed by atoms with Crippen LogP contribution in [0.25, 0.3) is 6.08 Å². The number of aliphatic hydroxyl groups is 1. The molecular formula is C11H11F3O2. The molecule has 0 aliphatic carbocycles. The fourth-order valence-electron chi connectivity index (χ4n) is 1.12. The summed E-state index contributed by atoms with van der Waals surface area (Å²) in [4.78, 5) is 0. The molecule has 0 aromatic heterocycles. The van der Waals surface area contributed by atoms with Crippen LogP contribution in [0.4, 0.5) is 13.2 Å². The first-order chi connectivity index (χ1) is 7.47. The van der Waals surface area contributed by atoms with Crippen LogP contribution in [0, 0.1) is 0 Å². The van der Waals surface area contributed by atoms with E-state index in [9.17, 15) is 13.2 Å². The molecule has 0 unspecified atom stereocenters. The van der Waals surface area contributed by atoms with Crippen molar-refractivity contribution >= 4 is 6.08 Å². The molecule has 0 fully saturated rings. The SMILES string of the molecule is COc1ccc(/C=C(\CO)C(F)(F)F)cc1. The van der Waals surface area contributed by atoms with Crippen molar-refractivity contribution in [3.05, 3.63) is 35.4 Å². The van der Waals surface area contributed by atoms with Gasteiger partial charge in [0.1, 0.15) is 5.75 Å². The largest absolute Gasteiger partial charge is 0.497 e. The van der Waals surface area contributed by atoms with Gasteiger partial charge in [0.15, 0.2) is 0 Å². The second-order valence-electron chi connectivity index (χ2n) is 3.10. The summed E-state index contributed by atoms with van der Waals surface area (Å²) in [6, 6.07) is 6.08. The Kier molecular flexibility index (Phi) is 3.95. The first-order valence-corrected chi connectivity index (χ1v) is 4.50. The van der Waals surface area contributed by atoms with Crippen LogP contribution in [0.1, 0.15) is 5.56 Å². The van der Waals surface area contributed by atoms with E-state index in [-0.39, 0.29) is 0 Å². The molecule has 0 spiro atoms. The minimum atomic E-state index is -4.51. The van der Waals surface area contributed by atoms with Gasteiger partial charge in [-0.05, 0) is 23.8 Å². The topological polar surface area (TPSA) is 29.5 Å². The van der Waals surface area contributed by atoms with Crippen LogP contribution in [0.2, 0.25) is 0 Å². The molecule has 1 rings (SSSR count). The number of methoxy groups -OCH3 is 1. The van der Waals surface area contributed by atoms with Gasteiger partial charge in [0.05, 0.1) is 19.3 Å². The lowest BCUT2D eigenvalue weighted by Gasteiger charge is -2.08. The van der Waals surface area contributed by atoms with Gasteiger partial charge >= 0.3 is 6.18 Å². The fourth-order valence-corrected chi connectivity index (χ4v) is 1.12. The molecule has 0 atom stereocenters. The van der Waals surface area contributed by atoms with Gasteiger partial charge in [-0.1, -0.05) is 12.1 Å². The summed E-state index contributed by atoms with van der Waals surface area (Å²) in [5.74, 6) is 0.565. The summed E-state index contributed by atoms with van der Waals surface area (Å²) in [6.07, 6.45) is -3.60. The molecule has 0 saturated carbocycles. The lowest BCUT2D eigenvalue weighted by atomic mass is 10.1. The molecule has 0 amide bonds. The number of alkyl halides is 3. The summed E-state index contributed by atoms with van der Waals surface area (Å²) >= 11 is 0. The van der Waals surface area contributed by atoms with Crippen molar-refractivity contribution in [3.63, 3.8) is 0 Å². The lowest BCUT2D eigenvalue weighted by Crippen LogP contribution is -2.14. The number of hydrogen-bond donors (Lipinski definition) is 1. The molecule has 5 heteroatoms. The van der Waals surface area contributed by atoms with E-state index in [1.165, 1.54) is 19.2 Å². The van der Waals surface area contributed by atoms with Crippen LogP contribution in [-0.2, 0) is 0 Å². The highest BCUT2D eigenvalue weighted by molar-refractivity contribution is 5.55. The number of benzene rings is 1. The van der Waals surface area contributed by atoms with Gasteiger partial charge in [-0.3, -0.25) is 0 Å². The van der Waals surface area contributed by atoms with Gasteiger partial charge in [-0.2, -0.15) is 13.2 Å². The lowest BCUT2D eigenvalue weighted by molar-refractivity contribution is -0.0964. The molecule has 0 bridgehead atoms. The van der Waals surface area contributed by atoms with Crippen LogP contribution in [0.3, 0.4) is 0 Å². The van der Waals surface area contributed by atoms with Crippen molar-refractivity contribution in [2.45, 2.75) is 6.18 Å². The van der Waals surface area contributed by atoms with Gasteiger partial charge in [-0.15, -0.1) is 0 Å². The minimum absolute atomic E-state index is 0.363. The molecule has 1 N–H and O–H groups in total. The van der Waals surface area contributed by atoms with E-state index in [1.807, 2.05) is 0 Å². The Morgan fingerprint density at radius 2 is 1.88 bits per heavy atom. The third kappa shape index (κ3) is 3.27. The average Bonchev–Trinajstić information content (AvgIpc) is 2.25. The molecule has 16 heavy (non-hydrogen) atoms. The molecule has 0 saturated heterocycles. The van der Waals surface area contributed by atoms with E-state index in [4.69, 9.17) is 9.84 Å². The highest BCUT2D eigenvalue weighted by Crippen LogP contribution is 2.27. The maximum Gasteiger partial charge on any atom is 0.414 e. The van der Waals surface area contributed by atoms with Crippen molar-refractivity contribution in [2.24, 2.45) is 0 Å². The molecule has 1 aromatic carbocycles. The Hall–Kier alpha value is -1.49. The third-order valence-electron chi connectivity index (χ3n) is 1.99. The van der Waals surface area contributed by atoms with Crippen molar-refractivity contribution in [1.29, 1.82) is 0 Å². The highest BCUT2D eigenvalue weighted by Gasteiger charge is 2.32. The summed E-state index contributed by atoms with van der Waals surface area (Å²) in [5, 5.41) is 8.61. The van der Waals surface area contributed by atoms with Crippen molar-refractivity contribution < 1.29 is 23.0 Å². The standard InChI is InChI=1S/C11H11F3O2/c1-16-10-4-2-8(3-5-10)6-9(7-15)11(12,13)14/h2-6,15H,7H2,1H3/b9-6+. The van der Waals surface area contributed by atoms with Gasteiger partial charge in [0, 0.05) is 0 Å². The first kappa shape index (κ1) is 12.6. The monoisotopic (exact) mass is 232 g/mol. The summed E-state index contributed by atoms with van der Waals surface area (Å²) < 4.78 is 41.8. The van der Waals surface area contributed by atoms with Gasteiger partial charge < -0.3 is 9.84 Å². The van der Waals surface area contributed by atoms with E-state index in [0.717, 1.165) is 6.08 Å². The maximum atomic E-state index is 12.3. The minimum Gasteiger partial charge on any atom is -0.497 e. The van der Waals surface area contributed by atoms with Gasteiger partial charge in [0.2, 0.25) is 0 Å². The Balaban J connectivity index is 2.96. The van der Waals surface area contributed by atoms with E-state index in [0.29, 0.717) is 11.3 Å². The first-order valence-electron chi connectivity index (χ1n) is 4.50. The Morgan fingerprint density at radius 1 is 1.31 bits per heavy atom. The molecule has 1 aromatic rings. The van der Waals surface area contributed by atoms with Crippen LogP contribution in [0.5, 0.6) is 5.75 Å². The molecule has 0 heterocycles. The second-order valence-corrected chi connectivity index (χ2v) is 3.10. The second kappa shape index (κ2) is 5.03. The van der Waals surface area contributed by atoms with E-state index in [2.05, 4.69) is 0 Å². The number of hydrogen-bond acceptors (Lipinski definition) is 2. The molecular weight excluding hydrogens is 221 g/mol. The van der Waals surface area contributed by atoms with Crippen molar-refractivity contribution in [2.75, 3.05) is 13.7 Å². The number of rotatable bonds is 3. The number of ether oxygens (including phenoxy) is 1. The Labute approximate surface area is 91.0 Å². The van der Waals surface area contributed by atoms with Crippen LogP contribution in [-0.4, -0.2) is 25.0 Å². The number of halogens is 3. The van der Waals surface area contributed by atoms with Gasteiger partial charge in [-0.25, -0.2) is 0 Å². The molecule has 2 nitrogen and oxygen atoms in total. The fraction of sp³-hybridized carbons (Fsp3) is 0.273. The van der Waals surface area contributed by atoms with E-state index < -0.39 is 18.4 Å². The van der Waals surface area contributed by atoms with Gasteiger partial charge in [0.25, 0.3) is 0 Å². The number of aliphatic hydroxyl groups excluding tert-OH is 1. The van der Waals surface area contributed by atoms with Crippen LogP contribution < -0.4 is 4.74 Å². The highest BCUT2D eigenvalue weighted by atomic mass is 19.4. The molecule has 0 aliphatic heterocycles. The third-order valence-corrected chi connectivity index (χ3v) is 1.99. The zero-order valence-corrected chi connectivity index (χ0v) is 8.58. The van der Waals surface area contributed by atoms with Crippen molar-refractivity contribution in [3.8, 4) is 5.75 Å². The Morgan fingerprint density at radius 3 is 2.25 bits per heavy atom. The predicted molar refractivity (Wildman–Crippen MR) is 54.1 cm³/mol. The van der Waals surface area contributed by atoms with E-state index >= 15 is 0 Å². The maximum absolute atomic E-state index is 12.3. The Bertz CT molecular complexity index is 366. The smallest absolute Gasteiger partial charge is 0.414 e. The van der Waals surface area contributed by atoms with Crippen molar-refractivity contribution in [1.82, 2.24) is 0 Å². The average molecular weight is 232 g/mol.